The standard InChI is InChI=1S/C14H20N2O4S/c1-9-7-8-20-13(9)14(17)16-10(2)11-3-5-12(6-4-11)21(15,18)19/h3-6,9-10,13H,7-8H2,1-2H3,(H,16,17)(H2,15,18,19). The van der Waals surface area contributed by atoms with Crippen LogP contribution in [-0.2, 0) is 19.6 Å². The third-order valence-electron chi connectivity index (χ3n) is 3.71. The van der Waals surface area contributed by atoms with E-state index in [1.54, 1.807) is 12.1 Å². The second kappa shape index (κ2) is 6.13. The summed E-state index contributed by atoms with van der Waals surface area (Å²) in [7, 11) is -3.70. The van der Waals surface area contributed by atoms with Crippen molar-refractivity contribution in [2.45, 2.75) is 37.3 Å². The minimum Gasteiger partial charge on any atom is -0.368 e. The van der Waals surface area contributed by atoms with Crippen molar-refractivity contribution in [2.24, 2.45) is 11.1 Å². The molecule has 1 fully saturated rings. The fourth-order valence-electron chi connectivity index (χ4n) is 2.36. The van der Waals surface area contributed by atoms with Gasteiger partial charge in [0, 0.05) is 6.61 Å². The maximum absolute atomic E-state index is 12.1. The molecule has 0 aromatic heterocycles. The lowest BCUT2D eigenvalue weighted by Gasteiger charge is -2.19. The number of hydrogen-bond donors (Lipinski definition) is 2. The minimum atomic E-state index is -3.70. The highest BCUT2D eigenvalue weighted by molar-refractivity contribution is 7.89. The number of rotatable bonds is 4. The number of nitrogens with two attached hydrogens (primary N) is 1. The summed E-state index contributed by atoms with van der Waals surface area (Å²) in [5.41, 5.74) is 0.807. The van der Waals surface area contributed by atoms with Crippen LogP contribution in [0.3, 0.4) is 0 Å². The number of carbonyl (C=O) groups excluding carboxylic acids is 1. The lowest BCUT2D eigenvalue weighted by Crippen LogP contribution is -2.38. The van der Waals surface area contributed by atoms with Crippen LogP contribution in [-0.4, -0.2) is 27.0 Å². The predicted octanol–water partition coefficient (Wildman–Crippen LogP) is 0.936. The molecule has 3 N–H and O–H groups in total. The Morgan fingerprint density at radius 1 is 1.38 bits per heavy atom. The number of hydrogen-bond acceptors (Lipinski definition) is 4. The van der Waals surface area contributed by atoms with Crippen LogP contribution < -0.4 is 10.5 Å². The first kappa shape index (κ1) is 15.9. The van der Waals surface area contributed by atoms with Gasteiger partial charge in [-0.15, -0.1) is 0 Å². The van der Waals surface area contributed by atoms with Crippen LogP contribution in [0.5, 0.6) is 0 Å². The van der Waals surface area contributed by atoms with Crippen molar-refractivity contribution in [3.05, 3.63) is 29.8 Å². The largest absolute Gasteiger partial charge is 0.368 e. The normalized spacial score (nSPS) is 23.8. The Labute approximate surface area is 124 Å². The molecule has 1 heterocycles. The monoisotopic (exact) mass is 312 g/mol. The lowest BCUT2D eigenvalue weighted by atomic mass is 10.0. The molecule has 1 aromatic carbocycles. The van der Waals surface area contributed by atoms with Gasteiger partial charge in [-0.3, -0.25) is 4.79 Å². The number of carbonyl (C=O) groups is 1. The Kier molecular flexibility index (Phi) is 4.65. The van der Waals surface area contributed by atoms with Crippen molar-refractivity contribution in [1.82, 2.24) is 5.32 Å². The molecule has 0 spiro atoms. The molecule has 6 nitrogen and oxygen atoms in total. The van der Waals surface area contributed by atoms with E-state index in [9.17, 15) is 13.2 Å². The molecule has 1 aromatic rings. The van der Waals surface area contributed by atoms with Crippen LogP contribution in [0.1, 0.15) is 31.9 Å². The minimum absolute atomic E-state index is 0.0533. The van der Waals surface area contributed by atoms with Crippen molar-refractivity contribution in [1.29, 1.82) is 0 Å². The van der Waals surface area contributed by atoms with Crippen LogP contribution in [0.4, 0.5) is 0 Å². The van der Waals surface area contributed by atoms with Crippen molar-refractivity contribution in [3.8, 4) is 0 Å². The highest BCUT2D eigenvalue weighted by atomic mass is 32.2. The number of amides is 1. The van der Waals surface area contributed by atoms with E-state index in [-0.39, 0.29) is 22.8 Å². The van der Waals surface area contributed by atoms with Gasteiger partial charge < -0.3 is 10.1 Å². The van der Waals surface area contributed by atoms with Gasteiger partial charge in [-0.25, -0.2) is 13.6 Å². The summed E-state index contributed by atoms with van der Waals surface area (Å²) >= 11 is 0. The summed E-state index contributed by atoms with van der Waals surface area (Å²) in [6, 6.07) is 5.92. The second-order valence-corrected chi connectivity index (χ2v) is 6.96. The summed E-state index contributed by atoms with van der Waals surface area (Å²) in [4.78, 5) is 12.2. The smallest absolute Gasteiger partial charge is 0.249 e. The molecule has 1 aliphatic heterocycles. The lowest BCUT2D eigenvalue weighted by molar-refractivity contribution is -0.132. The molecule has 2 rings (SSSR count). The highest BCUT2D eigenvalue weighted by Gasteiger charge is 2.31. The van der Waals surface area contributed by atoms with E-state index in [0.29, 0.717) is 6.61 Å². The van der Waals surface area contributed by atoms with Gasteiger partial charge in [0.2, 0.25) is 15.9 Å². The molecule has 0 bridgehead atoms. The van der Waals surface area contributed by atoms with Gasteiger partial charge in [0.1, 0.15) is 6.10 Å². The van der Waals surface area contributed by atoms with Crippen LogP contribution in [0.2, 0.25) is 0 Å². The fourth-order valence-corrected chi connectivity index (χ4v) is 2.87. The van der Waals surface area contributed by atoms with Crippen molar-refractivity contribution < 1.29 is 17.9 Å². The van der Waals surface area contributed by atoms with Crippen LogP contribution in [0.25, 0.3) is 0 Å². The van der Waals surface area contributed by atoms with Gasteiger partial charge >= 0.3 is 0 Å². The molecule has 0 aliphatic carbocycles. The molecule has 1 saturated heterocycles. The quantitative estimate of drug-likeness (QED) is 0.864. The topological polar surface area (TPSA) is 98.5 Å². The number of sulfonamides is 1. The highest BCUT2D eigenvalue weighted by Crippen LogP contribution is 2.22. The molecule has 0 radical (unpaired) electrons. The molecule has 1 aliphatic rings. The molecule has 7 heteroatoms. The summed E-state index contributed by atoms with van der Waals surface area (Å²) in [5.74, 6) is 0.0741. The van der Waals surface area contributed by atoms with Crippen molar-refractivity contribution in [3.63, 3.8) is 0 Å². The summed E-state index contributed by atoms with van der Waals surface area (Å²) in [5, 5.41) is 7.93. The van der Waals surface area contributed by atoms with Gasteiger partial charge in [-0.2, -0.15) is 0 Å². The van der Waals surface area contributed by atoms with Gasteiger partial charge in [-0.1, -0.05) is 19.1 Å². The third-order valence-corrected chi connectivity index (χ3v) is 4.64. The van der Waals surface area contributed by atoms with E-state index < -0.39 is 16.1 Å². The van der Waals surface area contributed by atoms with Gasteiger partial charge in [0.25, 0.3) is 0 Å². The number of primary sulfonamides is 1. The molecule has 3 unspecified atom stereocenters. The number of nitrogens with one attached hydrogen (secondary N) is 1. The zero-order valence-electron chi connectivity index (χ0n) is 12.1. The zero-order valence-corrected chi connectivity index (χ0v) is 12.9. The molecule has 3 atom stereocenters. The first-order valence-electron chi connectivity index (χ1n) is 6.84. The van der Waals surface area contributed by atoms with Gasteiger partial charge in [-0.05, 0) is 37.0 Å². The average Bonchev–Trinajstić information content (AvgIpc) is 2.84. The summed E-state index contributed by atoms with van der Waals surface area (Å²) in [6.45, 7) is 4.43. The van der Waals surface area contributed by atoms with Crippen LogP contribution >= 0.6 is 0 Å². The molecular formula is C14H20N2O4S. The van der Waals surface area contributed by atoms with E-state index >= 15 is 0 Å². The van der Waals surface area contributed by atoms with Crippen LogP contribution in [0.15, 0.2) is 29.2 Å². The van der Waals surface area contributed by atoms with Gasteiger partial charge in [0.15, 0.2) is 0 Å². The Balaban J connectivity index is 2.03. The predicted molar refractivity (Wildman–Crippen MR) is 77.9 cm³/mol. The third kappa shape index (κ3) is 3.81. The average molecular weight is 312 g/mol. The Morgan fingerprint density at radius 2 is 2.00 bits per heavy atom. The van der Waals surface area contributed by atoms with E-state index in [1.807, 2.05) is 13.8 Å². The first-order chi connectivity index (χ1) is 9.79. The van der Waals surface area contributed by atoms with Crippen LogP contribution in [0, 0.1) is 5.92 Å². The van der Waals surface area contributed by atoms with E-state index in [4.69, 9.17) is 9.88 Å². The SMILES string of the molecule is CC(NC(=O)C1OCCC1C)c1ccc(S(N)(=O)=O)cc1. The Bertz CT molecular complexity index is 612. The second-order valence-electron chi connectivity index (χ2n) is 5.40. The fraction of sp³-hybridized carbons (Fsp3) is 0.500. The molecular weight excluding hydrogens is 292 g/mol. The maximum Gasteiger partial charge on any atom is 0.249 e. The molecule has 0 saturated carbocycles. The molecule has 21 heavy (non-hydrogen) atoms. The summed E-state index contributed by atoms with van der Waals surface area (Å²) in [6.07, 6.45) is 0.478. The van der Waals surface area contributed by atoms with Gasteiger partial charge in [0.05, 0.1) is 10.9 Å². The van der Waals surface area contributed by atoms with E-state index in [0.717, 1.165) is 12.0 Å². The molecule has 116 valence electrons. The van der Waals surface area contributed by atoms with E-state index in [1.165, 1.54) is 12.1 Å². The number of benzene rings is 1. The molecule has 1 amide bonds. The Hall–Kier alpha value is -1.44. The zero-order chi connectivity index (χ0) is 15.6. The first-order valence-corrected chi connectivity index (χ1v) is 8.38. The maximum atomic E-state index is 12.1. The van der Waals surface area contributed by atoms with E-state index in [2.05, 4.69) is 5.32 Å². The number of ether oxygens (including phenoxy) is 1. The Morgan fingerprint density at radius 3 is 2.48 bits per heavy atom. The van der Waals surface area contributed by atoms with Crippen molar-refractivity contribution >= 4 is 15.9 Å². The summed E-state index contributed by atoms with van der Waals surface area (Å²) < 4.78 is 27.8. The van der Waals surface area contributed by atoms with Crippen molar-refractivity contribution in [2.75, 3.05) is 6.61 Å².